The van der Waals surface area contributed by atoms with Crippen LogP contribution in [0.3, 0.4) is 0 Å². The number of rotatable bonds is 4. The van der Waals surface area contributed by atoms with E-state index in [9.17, 15) is 14.9 Å². The number of hydrogen-bond donors (Lipinski definition) is 1. The van der Waals surface area contributed by atoms with Crippen LogP contribution in [0.25, 0.3) is 16.6 Å². The molecule has 1 aromatic carbocycles. The second kappa shape index (κ2) is 8.19. The summed E-state index contributed by atoms with van der Waals surface area (Å²) in [4.78, 5) is 31.4. The van der Waals surface area contributed by atoms with E-state index in [0.717, 1.165) is 24.2 Å². The molecular weight excluding hydrogens is 436 g/mol. The summed E-state index contributed by atoms with van der Waals surface area (Å²) in [5.74, 6) is 0.464. The Labute approximate surface area is 196 Å². The molecule has 0 bridgehead atoms. The summed E-state index contributed by atoms with van der Waals surface area (Å²) in [5.41, 5.74) is 4.45. The molecule has 1 atom stereocenters. The summed E-state index contributed by atoms with van der Waals surface area (Å²) in [6.07, 6.45) is 5.77. The molecule has 3 aromatic rings. The summed E-state index contributed by atoms with van der Waals surface area (Å²) >= 11 is 1.54. The van der Waals surface area contributed by atoms with Crippen molar-refractivity contribution in [3.8, 4) is 11.8 Å². The van der Waals surface area contributed by atoms with Crippen LogP contribution in [0.15, 0.2) is 36.7 Å². The molecule has 0 radical (unpaired) electrons. The molecular formula is C24H24N6O2S. The van der Waals surface area contributed by atoms with Gasteiger partial charge in [-0.05, 0) is 42.7 Å². The maximum Gasteiger partial charge on any atom is 0.252 e. The number of aryl methyl sites for hydroxylation is 1. The lowest BCUT2D eigenvalue weighted by molar-refractivity contribution is -0.129. The van der Waals surface area contributed by atoms with Gasteiger partial charge >= 0.3 is 0 Å². The third-order valence-corrected chi connectivity index (χ3v) is 7.45. The van der Waals surface area contributed by atoms with Crippen molar-refractivity contribution in [2.24, 2.45) is 0 Å². The van der Waals surface area contributed by atoms with Crippen LogP contribution >= 0.6 is 11.8 Å². The summed E-state index contributed by atoms with van der Waals surface area (Å²) in [5, 5.41) is 17.4. The van der Waals surface area contributed by atoms with E-state index in [0.29, 0.717) is 28.1 Å². The van der Waals surface area contributed by atoms with Gasteiger partial charge in [0.2, 0.25) is 5.91 Å². The van der Waals surface area contributed by atoms with Gasteiger partial charge in [-0.25, -0.2) is 4.68 Å². The zero-order valence-corrected chi connectivity index (χ0v) is 19.4. The monoisotopic (exact) mass is 460 g/mol. The van der Waals surface area contributed by atoms with Gasteiger partial charge in [0.15, 0.2) is 0 Å². The molecule has 2 amide bonds. The summed E-state index contributed by atoms with van der Waals surface area (Å²) in [6, 6.07) is 9.09. The first-order valence-electron chi connectivity index (χ1n) is 10.9. The minimum absolute atomic E-state index is 0.0645. The standard InChI is InChI=1S/C24H24N6O2S/c1-24(2)7-5-15-12-30(28-22(15)24)16-3-4-20-19(9-16)18(6-8-26-20)23(32)27-11-21(31)29-14-33-13-17(29)10-25/h3-4,6,8-9,12,17H,5,7,11,13-14H2,1-2H3,(H,27,32). The van der Waals surface area contributed by atoms with Crippen molar-refractivity contribution in [3.63, 3.8) is 0 Å². The van der Waals surface area contributed by atoms with Gasteiger partial charge in [-0.2, -0.15) is 10.4 Å². The SMILES string of the molecule is CC1(C)CCc2cn(-c3ccc4nccc(C(=O)NCC(=O)N5CSCC5C#N)c4c3)nc21. The van der Waals surface area contributed by atoms with Gasteiger partial charge in [-0.15, -0.1) is 11.8 Å². The first kappa shape index (κ1) is 21.5. The predicted octanol–water partition coefficient (Wildman–Crippen LogP) is 2.80. The van der Waals surface area contributed by atoms with Crippen LogP contribution in [0.2, 0.25) is 0 Å². The van der Waals surface area contributed by atoms with E-state index in [4.69, 9.17) is 5.10 Å². The van der Waals surface area contributed by atoms with Crippen molar-refractivity contribution >= 4 is 34.5 Å². The average Bonchev–Trinajstić information content (AvgIpc) is 3.53. The van der Waals surface area contributed by atoms with E-state index in [1.165, 1.54) is 22.2 Å². The highest BCUT2D eigenvalue weighted by Gasteiger charge is 2.33. The lowest BCUT2D eigenvalue weighted by atomic mass is 9.91. The molecule has 1 aliphatic carbocycles. The Bertz CT molecular complexity index is 1310. The van der Waals surface area contributed by atoms with Gasteiger partial charge in [0.25, 0.3) is 5.91 Å². The summed E-state index contributed by atoms with van der Waals surface area (Å²) in [6.45, 7) is 4.27. The number of nitrogens with one attached hydrogen (secondary N) is 1. The van der Waals surface area contributed by atoms with Crippen LogP contribution in [0.4, 0.5) is 0 Å². The molecule has 3 heterocycles. The fourth-order valence-electron chi connectivity index (χ4n) is 4.48. The molecule has 0 saturated carbocycles. The predicted molar refractivity (Wildman–Crippen MR) is 126 cm³/mol. The number of benzene rings is 1. The van der Waals surface area contributed by atoms with E-state index in [-0.39, 0.29) is 23.8 Å². The lowest BCUT2D eigenvalue weighted by Gasteiger charge is -2.18. The van der Waals surface area contributed by atoms with E-state index in [1.807, 2.05) is 22.9 Å². The average molecular weight is 461 g/mol. The minimum atomic E-state index is -0.440. The normalized spacial score (nSPS) is 18.8. The molecule has 8 nitrogen and oxygen atoms in total. The summed E-state index contributed by atoms with van der Waals surface area (Å²) < 4.78 is 1.87. The third kappa shape index (κ3) is 3.85. The smallest absolute Gasteiger partial charge is 0.252 e. The number of nitriles is 1. The number of pyridine rings is 1. The Balaban J connectivity index is 1.39. The highest BCUT2D eigenvalue weighted by molar-refractivity contribution is 7.99. The van der Waals surface area contributed by atoms with Crippen LogP contribution in [0.1, 0.15) is 41.9 Å². The van der Waals surface area contributed by atoms with E-state index >= 15 is 0 Å². The highest BCUT2D eigenvalue weighted by Crippen LogP contribution is 2.37. The van der Waals surface area contributed by atoms with Gasteiger partial charge in [0.1, 0.15) is 6.04 Å². The van der Waals surface area contributed by atoms with Crippen molar-refractivity contribution in [2.75, 3.05) is 18.2 Å². The zero-order valence-electron chi connectivity index (χ0n) is 18.5. The number of carbonyl (C=O) groups is 2. The molecule has 1 N–H and O–H groups in total. The Morgan fingerprint density at radius 2 is 2.18 bits per heavy atom. The van der Waals surface area contributed by atoms with Crippen LogP contribution in [0.5, 0.6) is 0 Å². The quantitative estimate of drug-likeness (QED) is 0.642. The number of amides is 2. The van der Waals surface area contributed by atoms with E-state index in [2.05, 4.69) is 36.4 Å². The van der Waals surface area contributed by atoms with Crippen LogP contribution in [-0.4, -0.2) is 55.7 Å². The number of nitrogens with zero attached hydrogens (tertiary/aromatic N) is 5. The molecule has 2 aromatic heterocycles. The molecule has 5 rings (SSSR count). The molecule has 168 valence electrons. The molecule has 9 heteroatoms. The van der Waals surface area contributed by atoms with Crippen molar-refractivity contribution in [3.05, 3.63) is 53.5 Å². The maximum atomic E-state index is 13.0. The Morgan fingerprint density at radius 1 is 1.33 bits per heavy atom. The molecule has 0 spiro atoms. The number of aromatic nitrogens is 3. The van der Waals surface area contributed by atoms with Crippen molar-refractivity contribution in [2.45, 2.75) is 38.1 Å². The van der Waals surface area contributed by atoms with Gasteiger partial charge in [0, 0.05) is 28.9 Å². The Hall–Kier alpha value is -3.38. The molecule has 2 aliphatic rings. The van der Waals surface area contributed by atoms with Crippen LogP contribution in [-0.2, 0) is 16.6 Å². The van der Waals surface area contributed by atoms with Crippen LogP contribution in [0, 0.1) is 11.3 Å². The first-order valence-corrected chi connectivity index (χ1v) is 12.1. The van der Waals surface area contributed by atoms with E-state index < -0.39 is 6.04 Å². The largest absolute Gasteiger partial charge is 0.343 e. The van der Waals surface area contributed by atoms with Gasteiger partial charge in [0.05, 0.1) is 41.0 Å². The minimum Gasteiger partial charge on any atom is -0.343 e. The highest BCUT2D eigenvalue weighted by atomic mass is 32.2. The Morgan fingerprint density at radius 3 is 2.97 bits per heavy atom. The molecule has 33 heavy (non-hydrogen) atoms. The number of hydrogen-bond acceptors (Lipinski definition) is 6. The number of thioether (sulfide) groups is 1. The van der Waals surface area contributed by atoms with Crippen molar-refractivity contribution in [1.82, 2.24) is 25.0 Å². The topological polar surface area (TPSA) is 104 Å². The maximum absolute atomic E-state index is 13.0. The fourth-order valence-corrected chi connectivity index (χ4v) is 5.59. The Kier molecular flexibility index (Phi) is 5.33. The molecule has 1 unspecified atom stereocenters. The van der Waals surface area contributed by atoms with E-state index in [1.54, 1.807) is 12.3 Å². The van der Waals surface area contributed by atoms with Crippen LogP contribution < -0.4 is 5.32 Å². The fraction of sp³-hybridized carbons (Fsp3) is 0.375. The molecule has 1 saturated heterocycles. The van der Waals surface area contributed by atoms with Gasteiger partial charge in [-0.3, -0.25) is 14.6 Å². The molecule has 1 fully saturated rings. The van der Waals surface area contributed by atoms with Gasteiger partial charge in [-0.1, -0.05) is 13.8 Å². The lowest BCUT2D eigenvalue weighted by Crippen LogP contribution is -2.42. The number of fused-ring (bicyclic) bond motifs is 2. The first-order chi connectivity index (χ1) is 15.9. The zero-order chi connectivity index (χ0) is 23.2. The molecule has 1 aliphatic heterocycles. The second-order valence-electron chi connectivity index (χ2n) is 9.08. The second-order valence-corrected chi connectivity index (χ2v) is 10.1. The van der Waals surface area contributed by atoms with Gasteiger partial charge < -0.3 is 10.2 Å². The van der Waals surface area contributed by atoms with Crippen molar-refractivity contribution in [1.29, 1.82) is 5.26 Å². The third-order valence-electron chi connectivity index (χ3n) is 6.44. The van der Waals surface area contributed by atoms with Crippen molar-refractivity contribution < 1.29 is 9.59 Å². The summed E-state index contributed by atoms with van der Waals surface area (Å²) in [7, 11) is 0. The number of carbonyl (C=O) groups excluding carboxylic acids is 2.